The SMILES string of the molecule is CC(C)(C)c1cc(C2CCCCC2)ncn1. The third-order valence-electron chi connectivity index (χ3n) is 3.48. The lowest BCUT2D eigenvalue weighted by atomic mass is 9.85. The first-order chi connectivity index (χ1) is 7.57. The van der Waals surface area contributed by atoms with E-state index < -0.39 is 0 Å². The lowest BCUT2D eigenvalue weighted by Crippen LogP contribution is -2.16. The molecule has 1 aliphatic rings. The molecule has 2 heteroatoms. The molecule has 2 rings (SSSR count). The number of hydrogen-bond acceptors (Lipinski definition) is 2. The molecule has 0 aromatic carbocycles. The molecule has 1 heterocycles. The summed E-state index contributed by atoms with van der Waals surface area (Å²) in [6.45, 7) is 6.62. The van der Waals surface area contributed by atoms with E-state index in [1.54, 1.807) is 6.33 Å². The molecule has 0 atom stereocenters. The zero-order valence-corrected chi connectivity index (χ0v) is 10.7. The van der Waals surface area contributed by atoms with Gasteiger partial charge in [0, 0.05) is 22.7 Å². The Hall–Kier alpha value is -0.920. The minimum atomic E-state index is 0.131. The van der Waals surface area contributed by atoms with Crippen LogP contribution in [0, 0.1) is 0 Å². The molecule has 0 unspecified atom stereocenters. The lowest BCUT2D eigenvalue weighted by molar-refractivity contribution is 0.434. The molecule has 16 heavy (non-hydrogen) atoms. The van der Waals surface area contributed by atoms with Crippen molar-refractivity contribution in [3.8, 4) is 0 Å². The molecule has 1 fully saturated rings. The van der Waals surface area contributed by atoms with Crippen LogP contribution in [0.1, 0.15) is 70.2 Å². The second-order valence-electron chi connectivity index (χ2n) is 5.91. The minimum absolute atomic E-state index is 0.131. The molecule has 88 valence electrons. The summed E-state index contributed by atoms with van der Waals surface area (Å²) in [6.07, 6.45) is 8.47. The standard InChI is InChI=1S/C14H22N2/c1-14(2,3)13-9-12(15-10-16-13)11-7-5-4-6-8-11/h9-11H,4-8H2,1-3H3. The highest BCUT2D eigenvalue weighted by Crippen LogP contribution is 2.32. The summed E-state index contributed by atoms with van der Waals surface area (Å²) in [6, 6.07) is 2.22. The topological polar surface area (TPSA) is 25.8 Å². The van der Waals surface area contributed by atoms with Crippen LogP contribution >= 0.6 is 0 Å². The van der Waals surface area contributed by atoms with Gasteiger partial charge in [0.15, 0.2) is 0 Å². The van der Waals surface area contributed by atoms with E-state index in [4.69, 9.17) is 0 Å². The largest absolute Gasteiger partial charge is 0.241 e. The number of aromatic nitrogens is 2. The number of rotatable bonds is 1. The Labute approximate surface area is 98.5 Å². The van der Waals surface area contributed by atoms with E-state index in [1.165, 1.54) is 43.5 Å². The van der Waals surface area contributed by atoms with E-state index in [1.807, 2.05) is 0 Å². The molecular formula is C14H22N2. The fourth-order valence-electron chi connectivity index (χ4n) is 2.40. The summed E-state index contributed by atoms with van der Waals surface area (Å²) in [7, 11) is 0. The van der Waals surface area contributed by atoms with Crippen LogP contribution in [0.25, 0.3) is 0 Å². The molecule has 0 bridgehead atoms. The van der Waals surface area contributed by atoms with Crippen molar-refractivity contribution < 1.29 is 0 Å². The van der Waals surface area contributed by atoms with E-state index in [0.717, 1.165) is 0 Å². The third kappa shape index (κ3) is 2.60. The van der Waals surface area contributed by atoms with E-state index in [2.05, 4.69) is 36.8 Å². The quantitative estimate of drug-likeness (QED) is 0.716. The van der Waals surface area contributed by atoms with Gasteiger partial charge in [-0.2, -0.15) is 0 Å². The molecule has 1 saturated carbocycles. The average Bonchev–Trinajstić information content (AvgIpc) is 2.29. The van der Waals surface area contributed by atoms with Crippen LogP contribution in [-0.2, 0) is 5.41 Å². The maximum absolute atomic E-state index is 4.47. The van der Waals surface area contributed by atoms with E-state index >= 15 is 0 Å². The summed E-state index contributed by atoms with van der Waals surface area (Å²) in [5, 5.41) is 0. The first-order valence-corrected chi connectivity index (χ1v) is 6.40. The van der Waals surface area contributed by atoms with Gasteiger partial charge in [-0.1, -0.05) is 40.0 Å². The van der Waals surface area contributed by atoms with Crippen molar-refractivity contribution in [1.82, 2.24) is 9.97 Å². The van der Waals surface area contributed by atoms with Crippen molar-refractivity contribution in [1.29, 1.82) is 0 Å². The highest BCUT2D eigenvalue weighted by Gasteiger charge is 2.20. The van der Waals surface area contributed by atoms with Crippen molar-refractivity contribution >= 4 is 0 Å². The van der Waals surface area contributed by atoms with Gasteiger partial charge in [-0.3, -0.25) is 0 Å². The summed E-state index contributed by atoms with van der Waals surface area (Å²) < 4.78 is 0. The Balaban J connectivity index is 2.21. The maximum atomic E-state index is 4.47. The highest BCUT2D eigenvalue weighted by molar-refractivity contribution is 5.18. The van der Waals surface area contributed by atoms with E-state index in [9.17, 15) is 0 Å². The van der Waals surface area contributed by atoms with Crippen LogP contribution in [0.5, 0.6) is 0 Å². The molecule has 0 N–H and O–H groups in total. The van der Waals surface area contributed by atoms with Gasteiger partial charge in [0.25, 0.3) is 0 Å². The molecule has 1 aromatic heterocycles. The molecule has 0 saturated heterocycles. The summed E-state index contributed by atoms with van der Waals surface area (Å²) in [5.41, 5.74) is 2.56. The molecule has 0 spiro atoms. The predicted molar refractivity (Wildman–Crippen MR) is 66.6 cm³/mol. The van der Waals surface area contributed by atoms with Gasteiger partial charge in [-0.05, 0) is 18.9 Å². The van der Waals surface area contributed by atoms with Gasteiger partial charge >= 0.3 is 0 Å². The fraction of sp³-hybridized carbons (Fsp3) is 0.714. The van der Waals surface area contributed by atoms with Crippen LogP contribution in [0.15, 0.2) is 12.4 Å². The van der Waals surface area contributed by atoms with Crippen molar-refractivity contribution in [2.75, 3.05) is 0 Å². The third-order valence-corrected chi connectivity index (χ3v) is 3.48. The first kappa shape index (κ1) is 11.6. The maximum Gasteiger partial charge on any atom is 0.115 e. The fourth-order valence-corrected chi connectivity index (χ4v) is 2.40. The Morgan fingerprint density at radius 3 is 2.38 bits per heavy atom. The molecule has 0 aliphatic heterocycles. The normalized spacial score (nSPS) is 18.7. The molecular weight excluding hydrogens is 196 g/mol. The van der Waals surface area contributed by atoms with Gasteiger partial charge in [-0.25, -0.2) is 9.97 Å². The predicted octanol–water partition coefficient (Wildman–Crippen LogP) is 3.82. The molecule has 1 aromatic rings. The van der Waals surface area contributed by atoms with Crippen LogP contribution in [-0.4, -0.2) is 9.97 Å². The molecule has 1 aliphatic carbocycles. The zero-order valence-electron chi connectivity index (χ0n) is 10.7. The van der Waals surface area contributed by atoms with E-state index in [0.29, 0.717) is 5.92 Å². The zero-order chi connectivity index (χ0) is 11.6. The van der Waals surface area contributed by atoms with Gasteiger partial charge in [-0.15, -0.1) is 0 Å². The van der Waals surface area contributed by atoms with Gasteiger partial charge in [0.2, 0.25) is 0 Å². The molecule has 0 amide bonds. The van der Waals surface area contributed by atoms with Crippen LogP contribution in [0.2, 0.25) is 0 Å². The van der Waals surface area contributed by atoms with Crippen LogP contribution < -0.4 is 0 Å². The Bertz CT molecular complexity index is 346. The Morgan fingerprint density at radius 2 is 1.75 bits per heavy atom. The summed E-state index contributed by atoms with van der Waals surface area (Å²) in [5.74, 6) is 0.679. The van der Waals surface area contributed by atoms with E-state index in [-0.39, 0.29) is 5.41 Å². The van der Waals surface area contributed by atoms with Crippen LogP contribution in [0.4, 0.5) is 0 Å². The second-order valence-corrected chi connectivity index (χ2v) is 5.91. The van der Waals surface area contributed by atoms with Crippen molar-refractivity contribution in [3.63, 3.8) is 0 Å². The van der Waals surface area contributed by atoms with Gasteiger partial charge in [0.05, 0.1) is 0 Å². The lowest BCUT2D eigenvalue weighted by Gasteiger charge is -2.23. The Kier molecular flexibility index (Phi) is 3.27. The van der Waals surface area contributed by atoms with Gasteiger partial charge in [0.1, 0.15) is 6.33 Å². The molecule has 2 nitrogen and oxygen atoms in total. The number of hydrogen-bond donors (Lipinski definition) is 0. The monoisotopic (exact) mass is 218 g/mol. The smallest absolute Gasteiger partial charge is 0.115 e. The highest BCUT2D eigenvalue weighted by atomic mass is 14.8. The first-order valence-electron chi connectivity index (χ1n) is 6.40. The minimum Gasteiger partial charge on any atom is -0.241 e. The second kappa shape index (κ2) is 4.52. The van der Waals surface area contributed by atoms with Crippen LogP contribution in [0.3, 0.4) is 0 Å². The summed E-state index contributed by atoms with van der Waals surface area (Å²) >= 11 is 0. The number of nitrogens with zero attached hydrogens (tertiary/aromatic N) is 2. The van der Waals surface area contributed by atoms with Gasteiger partial charge < -0.3 is 0 Å². The average molecular weight is 218 g/mol. The molecule has 0 radical (unpaired) electrons. The van der Waals surface area contributed by atoms with Crippen molar-refractivity contribution in [2.45, 2.75) is 64.2 Å². The summed E-state index contributed by atoms with van der Waals surface area (Å²) in [4.78, 5) is 8.86. The van der Waals surface area contributed by atoms with Crippen molar-refractivity contribution in [2.24, 2.45) is 0 Å². The Morgan fingerprint density at radius 1 is 1.06 bits per heavy atom. The van der Waals surface area contributed by atoms with Crippen molar-refractivity contribution in [3.05, 3.63) is 23.8 Å².